The van der Waals surface area contributed by atoms with Gasteiger partial charge < -0.3 is 10.6 Å². The molecule has 2 aromatic carbocycles. The van der Waals surface area contributed by atoms with Crippen LogP contribution in [0.1, 0.15) is 11.1 Å². The highest BCUT2D eigenvalue weighted by atomic mass is 32.2. The van der Waals surface area contributed by atoms with Crippen LogP contribution >= 0.6 is 0 Å². The highest BCUT2D eigenvalue weighted by Gasteiger charge is 2.13. The van der Waals surface area contributed by atoms with E-state index < -0.39 is 9.84 Å². The first-order valence-corrected chi connectivity index (χ1v) is 11.0. The molecule has 7 nitrogen and oxygen atoms in total. The predicted molar refractivity (Wildman–Crippen MR) is 114 cm³/mol. The Balaban J connectivity index is 1.54. The minimum atomic E-state index is -3.32. The van der Waals surface area contributed by atoms with Crippen molar-refractivity contribution in [2.75, 3.05) is 19.3 Å². The van der Waals surface area contributed by atoms with Crippen molar-refractivity contribution in [2.45, 2.75) is 18.0 Å². The van der Waals surface area contributed by atoms with Gasteiger partial charge in [0.15, 0.2) is 15.8 Å². The Morgan fingerprint density at radius 1 is 1.00 bits per heavy atom. The van der Waals surface area contributed by atoms with E-state index in [9.17, 15) is 8.42 Å². The van der Waals surface area contributed by atoms with Gasteiger partial charge in [-0.15, -0.1) is 0 Å². The third-order valence-electron chi connectivity index (χ3n) is 4.45. The lowest BCUT2D eigenvalue weighted by atomic mass is 10.1. The summed E-state index contributed by atoms with van der Waals surface area (Å²) in [5, 5.41) is 10.6. The first kappa shape index (κ1) is 20.6. The molecular weight excluding hydrogens is 386 g/mol. The highest BCUT2D eigenvalue weighted by molar-refractivity contribution is 7.91. The quantitative estimate of drug-likeness (QED) is 0.438. The van der Waals surface area contributed by atoms with Crippen LogP contribution in [0.25, 0.3) is 0 Å². The third kappa shape index (κ3) is 5.92. The van der Waals surface area contributed by atoms with Crippen LogP contribution < -0.4 is 10.6 Å². The molecule has 0 aliphatic carbocycles. The van der Waals surface area contributed by atoms with Crippen LogP contribution in [0.4, 0.5) is 0 Å². The van der Waals surface area contributed by atoms with Gasteiger partial charge in [-0.3, -0.25) is 9.67 Å². The lowest BCUT2D eigenvalue weighted by Crippen LogP contribution is -2.39. The minimum Gasteiger partial charge on any atom is -0.355 e. The monoisotopic (exact) mass is 411 g/mol. The van der Waals surface area contributed by atoms with Crippen LogP contribution in [0.15, 0.2) is 82.9 Å². The summed E-state index contributed by atoms with van der Waals surface area (Å²) in [6.07, 6.45) is 3.69. The largest absolute Gasteiger partial charge is 0.355 e. The number of benzene rings is 2. The molecule has 1 aromatic heterocycles. The molecule has 3 rings (SSSR count). The van der Waals surface area contributed by atoms with Crippen molar-refractivity contribution in [3.8, 4) is 0 Å². The number of hydrogen-bond acceptors (Lipinski definition) is 4. The van der Waals surface area contributed by atoms with Gasteiger partial charge in [-0.2, -0.15) is 5.10 Å². The van der Waals surface area contributed by atoms with Crippen molar-refractivity contribution in [3.05, 3.63) is 84.2 Å². The summed E-state index contributed by atoms with van der Waals surface area (Å²) < 4.78 is 26.6. The van der Waals surface area contributed by atoms with E-state index in [-0.39, 0.29) is 12.3 Å². The summed E-state index contributed by atoms with van der Waals surface area (Å²) in [6.45, 7) is 1.53. The van der Waals surface area contributed by atoms with Crippen molar-refractivity contribution in [2.24, 2.45) is 4.99 Å². The third-order valence-corrected chi connectivity index (χ3v) is 6.18. The number of nitrogens with zero attached hydrogens (tertiary/aromatic N) is 3. The van der Waals surface area contributed by atoms with Gasteiger partial charge in [-0.05, 0) is 29.3 Å². The first-order chi connectivity index (χ1) is 14.1. The molecule has 0 atom stereocenters. The van der Waals surface area contributed by atoms with Gasteiger partial charge in [0.2, 0.25) is 0 Å². The molecular formula is C21H25N5O2S. The summed E-state index contributed by atoms with van der Waals surface area (Å²) in [4.78, 5) is 4.51. The van der Waals surface area contributed by atoms with E-state index in [0.29, 0.717) is 23.9 Å². The molecule has 0 amide bonds. The number of sulfone groups is 1. The van der Waals surface area contributed by atoms with Crippen molar-refractivity contribution < 1.29 is 8.42 Å². The molecule has 8 heteroatoms. The SMILES string of the molecule is CN=C(NCCS(=O)(=O)c1ccccc1)NCc1ccccc1Cn1cccn1. The van der Waals surface area contributed by atoms with Crippen molar-refractivity contribution >= 4 is 15.8 Å². The number of rotatable bonds is 8. The summed E-state index contributed by atoms with van der Waals surface area (Å²) >= 11 is 0. The Morgan fingerprint density at radius 2 is 1.72 bits per heavy atom. The van der Waals surface area contributed by atoms with E-state index in [1.165, 1.54) is 0 Å². The lowest BCUT2D eigenvalue weighted by molar-refractivity contribution is 0.594. The maximum absolute atomic E-state index is 12.4. The topological polar surface area (TPSA) is 88.4 Å². The molecule has 0 spiro atoms. The van der Waals surface area contributed by atoms with Gasteiger partial charge in [0, 0.05) is 32.5 Å². The van der Waals surface area contributed by atoms with Crippen molar-refractivity contribution in [1.82, 2.24) is 20.4 Å². The molecule has 0 saturated heterocycles. The molecule has 0 fully saturated rings. The van der Waals surface area contributed by atoms with Crippen LogP contribution in [-0.4, -0.2) is 43.5 Å². The van der Waals surface area contributed by atoms with Gasteiger partial charge in [0.1, 0.15) is 0 Å². The summed E-state index contributed by atoms with van der Waals surface area (Å²) in [6, 6.07) is 18.5. The molecule has 2 N–H and O–H groups in total. The van der Waals surface area contributed by atoms with Crippen LogP contribution in [0.3, 0.4) is 0 Å². The number of aromatic nitrogens is 2. The maximum Gasteiger partial charge on any atom is 0.191 e. The van der Waals surface area contributed by atoms with Crippen LogP contribution in [0.2, 0.25) is 0 Å². The Kier molecular flexibility index (Phi) is 7.02. The Bertz CT molecular complexity index is 1030. The van der Waals surface area contributed by atoms with Crippen LogP contribution in [0, 0.1) is 0 Å². The molecule has 0 aliphatic rings. The molecule has 0 aliphatic heterocycles. The van der Waals surface area contributed by atoms with E-state index in [4.69, 9.17) is 0 Å². The molecule has 0 unspecified atom stereocenters. The fourth-order valence-electron chi connectivity index (χ4n) is 2.90. The Labute approximate surface area is 171 Å². The number of nitrogens with one attached hydrogen (secondary N) is 2. The molecule has 0 saturated carbocycles. The maximum atomic E-state index is 12.4. The Hall–Kier alpha value is -3.13. The first-order valence-electron chi connectivity index (χ1n) is 9.35. The van der Waals surface area contributed by atoms with Crippen molar-refractivity contribution in [3.63, 3.8) is 0 Å². The normalized spacial score (nSPS) is 12.0. The second kappa shape index (κ2) is 9.88. The molecule has 29 heavy (non-hydrogen) atoms. The van der Waals surface area contributed by atoms with E-state index in [1.54, 1.807) is 43.6 Å². The Morgan fingerprint density at radius 3 is 2.41 bits per heavy atom. The molecule has 0 radical (unpaired) electrons. The lowest BCUT2D eigenvalue weighted by Gasteiger charge is -2.14. The summed E-state index contributed by atoms with van der Waals surface area (Å²) in [5.74, 6) is 0.551. The van der Waals surface area contributed by atoms with E-state index in [0.717, 1.165) is 11.1 Å². The molecule has 3 aromatic rings. The fourth-order valence-corrected chi connectivity index (χ4v) is 4.08. The smallest absolute Gasteiger partial charge is 0.191 e. The number of guanidine groups is 1. The minimum absolute atomic E-state index is 0.00635. The average molecular weight is 412 g/mol. The number of hydrogen-bond donors (Lipinski definition) is 2. The second-order valence-electron chi connectivity index (χ2n) is 6.46. The van der Waals surface area contributed by atoms with E-state index in [1.807, 2.05) is 29.1 Å². The zero-order valence-corrected chi connectivity index (χ0v) is 17.1. The van der Waals surface area contributed by atoms with Gasteiger partial charge in [0.05, 0.1) is 17.2 Å². The zero-order valence-electron chi connectivity index (χ0n) is 16.3. The van der Waals surface area contributed by atoms with Gasteiger partial charge in [-0.1, -0.05) is 42.5 Å². The molecule has 0 bridgehead atoms. The van der Waals surface area contributed by atoms with E-state index in [2.05, 4.69) is 32.9 Å². The van der Waals surface area contributed by atoms with Gasteiger partial charge in [0.25, 0.3) is 0 Å². The fraction of sp³-hybridized carbons (Fsp3) is 0.238. The van der Waals surface area contributed by atoms with Gasteiger partial charge in [-0.25, -0.2) is 8.42 Å². The summed E-state index contributed by atoms with van der Waals surface area (Å²) in [5.41, 5.74) is 2.29. The highest BCUT2D eigenvalue weighted by Crippen LogP contribution is 2.11. The second-order valence-corrected chi connectivity index (χ2v) is 8.57. The summed E-state index contributed by atoms with van der Waals surface area (Å²) in [7, 11) is -1.66. The van der Waals surface area contributed by atoms with Crippen LogP contribution in [-0.2, 0) is 22.9 Å². The van der Waals surface area contributed by atoms with Crippen molar-refractivity contribution in [1.29, 1.82) is 0 Å². The molecule has 1 heterocycles. The zero-order chi connectivity index (χ0) is 20.5. The standard InChI is InChI=1S/C21H25N5O2S/c1-22-21(23-13-15-29(27,28)20-10-3-2-4-11-20)24-16-18-8-5-6-9-19(18)17-26-14-7-12-25-26/h2-12,14H,13,15-17H2,1H3,(H2,22,23,24). The molecule has 152 valence electrons. The average Bonchev–Trinajstić information content (AvgIpc) is 3.25. The van der Waals surface area contributed by atoms with Crippen LogP contribution in [0.5, 0.6) is 0 Å². The van der Waals surface area contributed by atoms with Gasteiger partial charge >= 0.3 is 0 Å². The van der Waals surface area contributed by atoms with E-state index >= 15 is 0 Å². The number of aliphatic imine (C=N–C) groups is 1. The predicted octanol–water partition coefficient (Wildman–Crippen LogP) is 2.07.